The van der Waals surface area contributed by atoms with Crippen molar-refractivity contribution in [2.75, 3.05) is 10.6 Å². The topological polar surface area (TPSA) is 73.6 Å². The van der Waals surface area contributed by atoms with Gasteiger partial charge in [-0.1, -0.05) is 34.1 Å². The Morgan fingerprint density at radius 2 is 1.68 bits per heavy atom. The third-order valence-electron chi connectivity index (χ3n) is 3.59. The van der Waals surface area contributed by atoms with Gasteiger partial charge in [-0.15, -0.1) is 0 Å². The SMILES string of the molecule is Cc1nc(Nc2ccc(C)c(Br)c2)cc(Nc2ccccc2C#N)n1. The predicted octanol–water partition coefficient (Wildman–Crippen LogP) is 5.21. The molecule has 0 aliphatic carbocycles. The summed E-state index contributed by atoms with van der Waals surface area (Å²) in [5.74, 6) is 1.94. The molecule has 0 saturated carbocycles. The van der Waals surface area contributed by atoms with Crippen molar-refractivity contribution >= 4 is 38.9 Å². The van der Waals surface area contributed by atoms with Crippen molar-refractivity contribution in [3.63, 3.8) is 0 Å². The number of para-hydroxylation sites is 1. The monoisotopic (exact) mass is 393 g/mol. The van der Waals surface area contributed by atoms with Gasteiger partial charge in [-0.25, -0.2) is 9.97 Å². The second-order valence-electron chi connectivity index (χ2n) is 5.56. The molecule has 0 saturated heterocycles. The van der Waals surface area contributed by atoms with E-state index in [0.717, 1.165) is 10.2 Å². The zero-order chi connectivity index (χ0) is 17.8. The number of hydrogen-bond donors (Lipinski definition) is 2. The molecular weight excluding hydrogens is 378 g/mol. The lowest BCUT2D eigenvalue weighted by Crippen LogP contribution is -2.02. The van der Waals surface area contributed by atoms with Crippen molar-refractivity contribution in [2.24, 2.45) is 0 Å². The second-order valence-corrected chi connectivity index (χ2v) is 6.41. The first-order valence-corrected chi connectivity index (χ1v) is 8.49. The first-order chi connectivity index (χ1) is 12.0. The van der Waals surface area contributed by atoms with E-state index in [1.54, 1.807) is 6.07 Å². The van der Waals surface area contributed by atoms with Gasteiger partial charge in [-0.3, -0.25) is 0 Å². The molecule has 5 nitrogen and oxygen atoms in total. The molecule has 0 aliphatic rings. The highest BCUT2D eigenvalue weighted by Gasteiger charge is 2.06. The fourth-order valence-corrected chi connectivity index (χ4v) is 2.72. The van der Waals surface area contributed by atoms with Crippen LogP contribution >= 0.6 is 15.9 Å². The number of benzene rings is 2. The normalized spacial score (nSPS) is 10.2. The maximum Gasteiger partial charge on any atom is 0.136 e. The van der Waals surface area contributed by atoms with Crippen molar-refractivity contribution < 1.29 is 0 Å². The van der Waals surface area contributed by atoms with Crippen LogP contribution in [0.2, 0.25) is 0 Å². The van der Waals surface area contributed by atoms with Gasteiger partial charge in [-0.2, -0.15) is 5.26 Å². The number of hydrogen-bond acceptors (Lipinski definition) is 5. The average molecular weight is 394 g/mol. The summed E-state index contributed by atoms with van der Waals surface area (Å²) in [7, 11) is 0. The van der Waals surface area contributed by atoms with Gasteiger partial charge in [0.1, 0.15) is 23.5 Å². The van der Waals surface area contributed by atoms with E-state index in [-0.39, 0.29) is 0 Å². The van der Waals surface area contributed by atoms with Gasteiger partial charge in [0.25, 0.3) is 0 Å². The van der Waals surface area contributed by atoms with E-state index in [1.165, 1.54) is 5.56 Å². The molecule has 0 unspecified atom stereocenters. The first kappa shape index (κ1) is 16.9. The lowest BCUT2D eigenvalue weighted by Gasteiger charge is -2.11. The molecule has 124 valence electrons. The third-order valence-corrected chi connectivity index (χ3v) is 4.45. The molecule has 1 aromatic heterocycles. The number of anilines is 4. The zero-order valence-electron chi connectivity index (χ0n) is 13.8. The summed E-state index contributed by atoms with van der Waals surface area (Å²) in [6.07, 6.45) is 0. The van der Waals surface area contributed by atoms with Gasteiger partial charge in [0.2, 0.25) is 0 Å². The Labute approximate surface area is 154 Å². The number of aromatic nitrogens is 2. The molecule has 25 heavy (non-hydrogen) atoms. The minimum absolute atomic E-state index is 0.565. The lowest BCUT2D eigenvalue weighted by molar-refractivity contribution is 1.06. The van der Waals surface area contributed by atoms with Gasteiger partial charge in [0.15, 0.2) is 0 Å². The van der Waals surface area contributed by atoms with Crippen LogP contribution in [0.5, 0.6) is 0 Å². The van der Waals surface area contributed by atoms with E-state index in [0.29, 0.717) is 28.7 Å². The number of halogens is 1. The molecule has 0 bridgehead atoms. The molecule has 0 spiro atoms. The fourth-order valence-electron chi connectivity index (χ4n) is 2.34. The molecular formula is C19H16BrN5. The Morgan fingerprint density at radius 3 is 2.40 bits per heavy atom. The van der Waals surface area contributed by atoms with Crippen LogP contribution in [-0.4, -0.2) is 9.97 Å². The number of aryl methyl sites for hydroxylation is 2. The van der Waals surface area contributed by atoms with E-state index in [1.807, 2.05) is 56.3 Å². The summed E-state index contributed by atoms with van der Waals surface area (Å²) in [5, 5.41) is 15.7. The Balaban J connectivity index is 1.88. The minimum Gasteiger partial charge on any atom is -0.340 e. The first-order valence-electron chi connectivity index (χ1n) is 7.70. The fraction of sp³-hybridized carbons (Fsp3) is 0.105. The van der Waals surface area contributed by atoms with E-state index in [4.69, 9.17) is 0 Å². The number of rotatable bonds is 4. The Hall–Kier alpha value is -2.91. The van der Waals surface area contributed by atoms with Crippen LogP contribution in [0.3, 0.4) is 0 Å². The molecule has 0 aliphatic heterocycles. The standard InChI is InChI=1S/C19H16BrN5/c1-12-7-8-15(9-16(12)20)24-18-10-19(23-13(2)22-18)25-17-6-4-3-5-14(17)11-21/h3-10H,1-2H3,(H2,22,23,24,25). The van der Waals surface area contributed by atoms with Gasteiger partial charge in [-0.05, 0) is 43.7 Å². The van der Waals surface area contributed by atoms with Crippen molar-refractivity contribution in [1.29, 1.82) is 5.26 Å². The zero-order valence-corrected chi connectivity index (χ0v) is 15.4. The summed E-state index contributed by atoms with van der Waals surface area (Å²) in [4.78, 5) is 8.82. The Bertz CT molecular complexity index is 962. The molecule has 0 amide bonds. The van der Waals surface area contributed by atoms with Crippen LogP contribution in [0.25, 0.3) is 0 Å². The van der Waals surface area contributed by atoms with Gasteiger partial charge in [0.05, 0.1) is 11.3 Å². The highest BCUT2D eigenvalue weighted by atomic mass is 79.9. The quantitative estimate of drug-likeness (QED) is 0.635. The minimum atomic E-state index is 0.565. The molecule has 0 atom stereocenters. The number of nitrogens with one attached hydrogen (secondary N) is 2. The molecule has 0 fully saturated rings. The van der Waals surface area contributed by atoms with E-state index >= 15 is 0 Å². The van der Waals surface area contributed by atoms with Crippen molar-refractivity contribution in [3.05, 3.63) is 70.0 Å². The van der Waals surface area contributed by atoms with Crippen molar-refractivity contribution in [1.82, 2.24) is 9.97 Å². The Morgan fingerprint density at radius 1 is 0.960 bits per heavy atom. The van der Waals surface area contributed by atoms with E-state index < -0.39 is 0 Å². The van der Waals surface area contributed by atoms with Crippen LogP contribution in [0.15, 0.2) is 53.0 Å². The molecule has 3 rings (SSSR count). The average Bonchev–Trinajstić information content (AvgIpc) is 2.58. The summed E-state index contributed by atoms with van der Waals surface area (Å²) in [5.41, 5.74) is 3.38. The van der Waals surface area contributed by atoms with Crippen molar-refractivity contribution in [3.8, 4) is 6.07 Å². The molecule has 2 N–H and O–H groups in total. The lowest BCUT2D eigenvalue weighted by atomic mass is 10.2. The summed E-state index contributed by atoms with van der Waals surface area (Å²) >= 11 is 3.53. The Kier molecular flexibility index (Phi) is 4.96. The summed E-state index contributed by atoms with van der Waals surface area (Å²) < 4.78 is 1.03. The molecule has 6 heteroatoms. The second kappa shape index (κ2) is 7.32. The number of nitrogens with zero attached hydrogens (tertiary/aromatic N) is 3. The van der Waals surface area contributed by atoms with Crippen molar-refractivity contribution in [2.45, 2.75) is 13.8 Å². The van der Waals surface area contributed by atoms with Gasteiger partial charge >= 0.3 is 0 Å². The number of nitriles is 1. The van der Waals surface area contributed by atoms with Crippen LogP contribution in [0, 0.1) is 25.2 Å². The highest BCUT2D eigenvalue weighted by Crippen LogP contribution is 2.25. The van der Waals surface area contributed by atoms with E-state index in [2.05, 4.69) is 42.6 Å². The summed E-state index contributed by atoms with van der Waals surface area (Å²) in [6.45, 7) is 3.87. The third kappa shape index (κ3) is 4.14. The largest absolute Gasteiger partial charge is 0.340 e. The summed E-state index contributed by atoms with van der Waals surface area (Å²) in [6, 6.07) is 17.3. The smallest absolute Gasteiger partial charge is 0.136 e. The van der Waals surface area contributed by atoms with Crippen LogP contribution in [0.1, 0.15) is 17.0 Å². The predicted molar refractivity (Wildman–Crippen MR) is 103 cm³/mol. The highest BCUT2D eigenvalue weighted by molar-refractivity contribution is 9.10. The maximum absolute atomic E-state index is 9.21. The van der Waals surface area contributed by atoms with E-state index in [9.17, 15) is 5.26 Å². The maximum atomic E-state index is 9.21. The van der Waals surface area contributed by atoms with Gasteiger partial charge in [0, 0.05) is 16.2 Å². The molecule has 1 heterocycles. The molecule has 3 aromatic rings. The van der Waals surface area contributed by atoms with Crippen LogP contribution < -0.4 is 10.6 Å². The van der Waals surface area contributed by atoms with Gasteiger partial charge < -0.3 is 10.6 Å². The van der Waals surface area contributed by atoms with Crippen LogP contribution in [-0.2, 0) is 0 Å². The van der Waals surface area contributed by atoms with Crippen LogP contribution in [0.4, 0.5) is 23.0 Å². The molecule has 2 aromatic carbocycles. The molecule has 0 radical (unpaired) electrons.